The summed E-state index contributed by atoms with van der Waals surface area (Å²) in [6, 6.07) is 1.98. The number of aryl methyl sites for hydroxylation is 1. The largest absolute Gasteiger partial charge is 0.263 e. The van der Waals surface area contributed by atoms with Crippen molar-refractivity contribution < 1.29 is 0 Å². The molecule has 1 rings (SSSR count). The maximum atomic E-state index is 6.14. The molecule has 0 amide bonds. The van der Waals surface area contributed by atoms with E-state index in [1.54, 1.807) is 12.4 Å². The van der Waals surface area contributed by atoms with E-state index < -0.39 is 0 Å². The molecule has 0 spiro atoms. The number of hydrogen-bond donors (Lipinski definition) is 0. The van der Waals surface area contributed by atoms with Gasteiger partial charge >= 0.3 is 0 Å². The molecular weight excluding hydrogens is 229 g/mol. The fraction of sp³-hybridized carbons (Fsp3) is 0.583. The summed E-state index contributed by atoms with van der Waals surface area (Å²) in [7, 11) is 0. The van der Waals surface area contributed by atoms with Crippen LogP contribution in [0.3, 0.4) is 0 Å². The molecule has 15 heavy (non-hydrogen) atoms. The number of alkyl halides is 1. The first-order valence-electron chi connectivity index (χ1n) is 5.46. The van der Waals surface area contributed by atoms with Gasteiger partial charge in [-0.1, -0.05) is 24.9 Å². The highest BCUT2D eigenvalue weighted by molar-refractivity contribution is 6.31. The van der Waals surface area contributed by atoms with Crippen LogP contribution in [0.1, 0.15) is 38.2 Å². The maximum absolute atomic E-state index is 6.14. The predicted octanol–water partition coefficient (Wildman–Crippen LogP) is 4.47. The first kappa shape index (κ1) is 12.8. The Morgan fingerprint density at radius 1 is 1.40 bits per heavy atom. The van der Waals surface area contributed by atoms with Gasteiger partial charge in [0, 0.05) is 17.8 Å². The molecule has 0 aliphatic carbocycles. The van der Waals surface area contributed by atoms with E-state index in [2.05, 4.69) is 11.9 Å². The van der Waals surface area contributed by atoms with Gasteiger partial charge in [0.15, 0.2) is 0 Å². The van der Waals surface area contributed by atoms with Crippen molar-refractivity contribution >= 4 is 23.2 Å². The second kappa shape index (κ2) is 7.08. The highest BCUT2D eigenvalue weighted by Crippen LogP contribution is 2.18. The highest BCUT2D eigenvalue weighted by atomic mass is 35.5. The minimum atomic E-state index is 0.315. The SMILES string of the molecule is CCCC(Cl)CCCc1ccncc1Cl. The van der Waals surface area contributed by atoms with Crippen LogP contribution in [0.5, 0.6) is 0 Å². The molecule has 1 heterocycles. The van der Waals surface area contributed by atoms with Crippen LogP contribution in [0.4, 0.5) is 0 Å². The number of nitrogens with zero attached hydrogens (tertiary/aromatic N) is 1. The molecular formula is C12H17Cl2N. The highest BCUT2D eigenvalue weighted by Gasteiger charge is 2.04. The fourth-order valence-electron chi connectivity index (χ4n) is 1.58. The van der Waals surface area contributed by atoms with Crippen LogP contribution in [0.2, 0.25) is 5.02 Å². The van der Waals surface area contributed by atoms with E-state index in [0.717, 1.165) is 37.1 Å². The van der Waals surface area contributed by atoms with Gasteiger partial charge in [-0.3, -0.25) is 4.98 Å². The minimum absolute atomic E-state index is 0.315. The quantitative estimate of drug-likeness (QED) is 0.675. The van der Waals surface area contributed by atoms with Crippen LogP contribution >= 0.6 is 23.2 Å². The van der Waals surface area contributed by atoms with Gasteiger partial charge in [-0.05, 0) is 37.3 Å². The van der Waals surface area contributed by atoms with E-state index in [-0.39, 0.29) is 0 Å². The summed E-state index contributed by atoms with van der Waals surface area (Å²) in [5.74, 6) is 0. The molecule has 0 N–H and O–H groups in total. The normalized spacial score (nSPS) is 12.7. The third-order valence-corrected chi connectivity index (χ3v) is 3.20. The lowest BCUT2D eigenvalue weighted by Crippen LogP contribution is -1.99. The Kier molecular flexibility index (Phi) is 6.04. The van der Waals surface area contributed by atoms with Crippen LogP contribution in [0.25, 0.3) is 0 Å². The zero-order chi connectivity index (χ0) is 11.1. The molecule has 1 unspecified atom stereocenters. The number of aromatic nitrogens is 1. The van der Waals surface area contributed by atoms with Crippen molar-refractivity contribution in [2.24, 2.45) is 0 Å². The van der Waals surface area contributed by atoms with Crippen molar-refractivity contribution in [3.63, 3.8) is 0 Å². The lowest BCUT2D eigenvalue weighted by Gasteiger charge is -2.08. The zero-order valence-corrected chi connectivity index (χ0v) is 10.6. The standard InChI is InChI=1S/C12H17Cl2N/c1-2-4-11(13)6-3-5-10-7-8-15-9-12(10)14/h7-9,11H,2-6H2,1H3. The summed E-state index contributed by atoms with van der Waals surface area (Å²) in [5, 5.41) is 1.08. The minimum Gasteiger partial charge on any atom is -0.263 e. The van der Waals surface area contributed by atoms with Crippen LogP contribution in [0, 0.1) is 0 Å². The molecule has 84 valence electrons. The molecule has 0 radical (unpaired) electrons. The average molecular weight is 246 g/mol. The third kappa shape index (κ3) is 4.85. The van der Waals surface area contributed by atoms with Gasteiger partial charge in [0.25, 0.3) is 0 Å². The Morgan fingerprint density at radius 2 is 2.20 bits per heavy atom. The van der Waals surface area contributed by atoms with E-state index in [1.807, 2.05) is 6.07 Å². The van der Waals surface area contributed by atoms with Gasteiger partial charge in [0.1, 0.15) is 0 Å². The van der Waals surface area contributed by atoms with Gasteiger partial charge in [-0.2, -0.15) is 0 Å². The summed E-state index contributed by atoms with van der Waals surface area (Å²) in [6.07, 6.45) is 8.89. The van der Waals surface area contributed by atoms with Crippen molar-refractivity contribution in [3.8, 4) is 0 Å². The summed E-state index contributed by atoms with van der Waals surface area (Å²) in [5.41, 5.74) is 1.17. The Bertz CT molecular complexity index is 289. The van der Waals surface area contributed by atoms with Gasteiger partial charge in [0.05, 0.1) is 5.02 Å². The maximum Gasteiger partial charge on any atom is 0.0621 e. The second-order valence-corrected chi connectivity index (χ2v) is 4.77. The molecule has 0 aromatic carbocycles. The first-order valence-corrected chi connectivity index (χ1v) is 6.28. The molecule has 0 fully saturated rings. The van der Waals surface area contributed by atoms with Crippen molar-refractivity contribution in [1.29, 1.82) is 0 Å². The molecule has 1 aromatic rings. The zero-order valence-electron chi connectivity index (χ0n) is 9.05. The molecule has 1 atom stereocenters. The van der Waals surface area contributed by atoms with Crippen LogP contribution in [0.15, 0.2) is 18.5 Å². The van der Waals surface area contributed by atoms with Crippen molar-refractivity contribution in [2.45, 2.75) is 44.4 Å². The summed E-state index contributed by atoms with van der Waals surface area (Å²) in [4.78, 5) is 3.96. The van der Waals surface area contributed by atoms with Crippen LogP contribution in [-0.4, -0.2) is 10.4 Å². The topological polar surface area (TPSA) is 12.9 Å². The molecule has 1 nitrogen and oxygen atoms in total. The molecule has 0 bridgehead atoms. The summed E-state index contributed by atoms with van der Waals surface area (Å²) >= 11 is 12.1. The Hall–Kier alpha value is -0.270. The number of hydrogen-bond acceptors (Lipinski definition) is 1. The van der Waals surface area contributed by atoms with E-state index in [9.17, 15) is 0 Å². The number of rotatable bonds is 6. The summed E-state index contributed by atoms with van der Waals surface area (Å²) in [6.45, 7) is 2.16. The van der Waals surface area contributed by atoms with E-state index in [0.29, 0.717) is 5.38 Å². The van der Waals surface area contributed by atoms with Crippen molar-refractivity contribution in [2.75, 3.05) is 0 Å². The molecule has 0 saturated heterocycles. The lowest BCUT2D eigenvalue weighted by molar-refractivity contribution is 0.640. The Labute approximate surface area is 102 Å². The van der Waals surface area contributed by atoms with Gasteiger partial charge in [-0.15, -0.1) is 11.6 Å². The van der Waals surface area contributed by atoms with E-state index in [4.69, 9.17) is 23.2 Å². The molecule has 0 saturated carbocycles. The van der Waals surface area contributed by atoms with Crippen LogP contribution < -0.4 is 0 Å². The Balaban J connectivity index is 2.29. The Morgan fingerprint density at radius 3 is 2.87 bits per heavy atom. The van der Waals surface area contributed by atoms with Crippen molar-refractivity contribution in [3.05, 3.63) is 29.0 Å². The lowest BCUT2D eigenvalue weighted by atomic mass is 10.1. The van der Waals surface area contributed by atoms with Gasteiger partial charge in [0.2, 0.25) is 0 Å². The van der Waals surface area contributed by atoms with Crippen molar-refractivity contribution in [1.82, 2.24) is 4.98 Å². The predicted molar refractivity (Wildman–Crippen MR) is 66.7 cm³/mol. The average Bonchev–Trinajstić information content (AvgIpc) is 2.21. The van der Waals surface area contributed by atoms with E-state index in [1.165, 1.54) is 5.56 Å². The summed E-state index contributed by atoms with van der Waals surface area (Å²) < 4.78 is 0. The smallest absolute Gasteiger partial charge is 0.0621 e. The third-order valence-electron chi connectivity index (χ3n) is 2.42. The number of pyridine rings is 1. The molecule has 0 aliphatic heterocycles. The van der Waals surface area contributed by atoms with Gasteiger partial charge < -0.3 is 0 Å². The monoisotopic (exact) mass is 245 g/mol. The number of halogens is 2. The van der Waals surface area contributed by atoms with Gasteiger partial charge in [-0.25, -0.2) is 0 Å². The first-order chi connectivity index (χ1) is 7.24. The van der Waals surface area contributed by atoms with E-state index >= 15 is 0 Å². The van der Waals surface area contributed by atoms with Crippen LogP contribution in [-0.2, 0) is 6.42 Å². The molecule has 1 aromatic heterocycles. The molecule has 0 aliphatic rings. The molecule has 3 heteroatoms. The second-order valence-electron chi connectivity index (χ2n) is 3.75. The fourth-order valence-corrected chi connectivity index (χ4v) is 2.16.